The van der Waals surface area contributed by atoms with Crippen molar-refractivity contribution in [2.45, 2.75) is 26.3 Å². The molecule has 0 saturated carbocycles. The van der Waals surface area contributed by atoms with Crippen LogP contribution in [0.3, 0.4) is 0 Å². The van der Waals surface area contributed by atoms with E-state index < -0.39 is 0 Å². The molecule has 126 valence electrons. The van der Waals surface area contributed by atoms with E-state index in [1.807, 2.05) is 56.3 Å². The summed E-state index contributed by atoms with van der Waals surface area (Å²) in [5.74, 6) is 0.610. The number of carbonyl (C=O) groups excluding carboxylic acids is 1. The molecular formula is C18H22N4O2. The molecule has 2 N–H and O–H groups in total. The van der Waals surface area contributed by atoms with Crippen LogP contribution in [0.1, 0.15) is 26.0 Å². The number of hydrogen-bond donors (Lipinski definition) is 2. The molecule has 1 aromatic carbocycles. The average Bonchev–Trinajstić information content (AvgIpc) is 2.62. The minimum Gasteiger partial charge on any atom is -0.494 e. The maximum absolute atomic E-state index is 12.2. The molecule has 6 nitrogen and oxygen atoms in total. The fourth-order valence-corrected chi connectivity index (χ4v) is 2.06. The van der Waals surface area contributed by atoms with Crippen molar-refractivity contribution in [2.24, 2.45) is 5.10 Å². The predicted molar refractivity (Wildman–Crippen MR) is 95.3 cm³/mol. The Kier molecular flexibility index (Phi) is 6.76. The number of hydrogen-bond acceptors (Lipinski definition) is 5. The van der Waals surface area contributed by atoms with Crippen molar-refractivity contribution in [3.63, 3.8) is 0 Å². The number of aromatic nitrogens is 1. The predicted octanol–water partition coefficient (Wildman–Crippen LogP) is 2.82. The third kappa shape index (κ3) is 5.39. The van der Waals surface area contributed by atoms with Gasteiger partial charge in [-0.3, -0.25) is 9.78 Å². The maximum Gasteiger partial charge on any atom is 0.262 e. The van der Waals surface area contributed by atoms with Crippen LogP contribution in [0.2, 0.25) is 0 Å². The van der Waals surface area contributed by atoms with Gasteiger partial charge in [0.05, 0.1) is 18.5 Å². The van der Waals surface area contributed by atoms with E-state index in [0.29, 0.717) is 18.7 Å². The lowest BCUT2D eigenvalue weighted by molar-refractivity contribution is -0.121. The van der Waals surface area contributed by atoms with Crippen LogP contribution in [-0.2, 0) is 4.79 Å². The van der Waals surface area contributed by atoms with Crippen LogP contribution < -0.4 is 15.5 Å². The molecule has 0 aliphatic carbocycles. The van der Waals surface area contributed by atoms with Gasteiger partial charge in [-0.2, -0.15) is 5.10 Å². The van der Waals surface area contributed by atoms with Gasteiger partial charge in [0, 0.05) is 11.9 Å². The van der Waals surface area contributed by atoms with Gasteiger partial charge in [0.25, 0.3) is 5.91 Å². The second kappa shape index (κ2) is 9.29. The van der Waals surface area contributed by atoms with Crippen molar-refractivity contribution in [2.75, 3.05) is 11.9 Å². The molecule has 0 saturated heterocycles. The zero-order chi connectivity index (χ0) is 17.2. The van der Waals surface area contributed by atoms with Gasteiger partial charge in [-0.25, -0.2) is 5.43 Å². The number of carbonyl (C=O) groups is 1. The summed E-state index contributed by atoms with van der Waals surface area (Å²) < 4.78 is 5.40. The first kappa shape index (κ1) is 17.5. The van der Waals surface area contributed by atoms with Crippen LogP contribution >= 0.6 is 0 Å². The molecule has 0 fully saturated rings. The van der Waals surface area contributed by atoms with E-state index in [2.05, 4.69) is 20.8 Å². The van der Waals surface area contributed by atoms with Crippen LogP contribution in [0, 0.1) is 0 Å². The molecule has 1 amide bonds. The molecule has 24 heavy (non-hydrogen) atoms. The molecule has 2 rings (SSSR count). The third-order valence-corrected chi connectivity index (χ3v) is 3.29. The highest BCUT2D eigenvalue weighted by molar-refractivity contribution is 5.86. The lowest BCUT2D eigenvalue weighted by Gasteiger charge is -2.16. The molecular weight excluding hydrogens is 304 g/mol. The minimum atomic E-state index is -0.371. The van der Waals surface area contributed by atoms with Gasteiger partial charge in [0.2, 0.25) is 0 Å². The van der Waals surface area contributed by atoms with Crippen LogP contribution in [0.15, 0.2) is 53.8 Å². The molecule has 0 radical (unpaired) electrons. The highest BCUT2D eigenvalue weighted by Gasteiger charge is 2.15. The van der Waals surface area contributed by atoms with Crippen LogP contribution in [0.4, 0.5) is 5.69 Å². The molecule has 1 atom stereocenters. The number of benzene rings is 1. The second-order valence-corrected chi connectivity index (χ2v) is 5.05. The zero-order valence-electron chi connectivity index (χ0n) is 13.9. The largest absolute Gasteiger partial charge is 0.494 e. The highest BCUT2D eigenvalue weighted by Crippen LogP contribution is 2.17. The summed E-state index contributed by atoms with van der Waals surface area (Å²) in [6.07, 6.45) is 3.82. The standard InChI is InChI=1S/C18H22N4O2/c1-3-17(21-14-8-10-16(11-9-14)24-4-2)18(23)22-20-13-15-7-5-6-12-19-15/h5-13,17,21H,3-4H2,1-2H3,(H,22,23). The highest BCUT2D eigenvalue weighted by atomic mass is 16.5. The maximum atomic E-state index is 12.2. The van der Waals surface area contributed by atoms with E-state index in [0.717, 1.165) is 11.4 Å². The van der Waals surface area contributed by atoms with Crippen molar-refractivity contribution < 1.29 is 9.53 Å². The summed E-state index contributed by atoms with van der Waals surface area (Å²) >= 11 is 0. The van der Waals surface area contributed by atoms with Gasteiger partial charge in [0.1, 0.15) is 11.8 Å². The number of nitrogens with one attached hydrogen (secondary N) is 2. The van der Waals surface area contributed by atoms with E-state index in [9.17, 15) is 4.79 Å². The van der Waals surface area contributed by atoms with Crippen molar-refractivity contribution in [3.8, 4) is 5.75 Å². The number of pyridine rings is 1. The first-order valence-corrected chi connectivity index (χ1v) is 7.96. The summed E-state index contributed by atoms with van der Waals surface area (Å²) in [5.41, 5.74) is 4.08. The molecule has 0 aliphatic heterocycles. The summed E-state index contributed by atoms with van der Waals surface area (Å²) in [6.45, 7) is 4.50. The summed E-state index contributed by atoms with van der Waals surface area (Å²) in [4.78, 5) is 16.3. The van der Waals surface area contributed by atoms with Crippen molar-refractivity contribution >= 4 is 17.8 Å². The third-order valence-electron chi connectivity index (χ3n) is 3.29. The normalized spacial score (nSPS) is 11.9. The summed E-state index contributed by atoms with van der Waals surface area (Å²) in [6, 6.07) is 12.6. The van der Waals surface area contributed by atoms with E-state index in [-0.39, 0.29) is 11.9 Å². The van der Waals surface area contributed by atoms with E-state index in [1.54, 1.807) is 6.20 Å². The van der Waals surface area contributed by atoms with Gasteiger partial charge in [-0.1, -0.05) is 13.0 Å². The Morgan fingerprint density at radius 2 is 2.04 bits per heavy atom. The Morgan fingerprint density at radius 3 is 2.67 bits per heavy atom. The first-order valence-electron chi connectivity index (χ1n) is 7.96. The van der Waals surface area contributed by atoms with Crippen molar-refractivity contribution in [1.82, 2.24) is 10.4 Å². The van der Waals surface area contributed by atoms with Crippen molar-refractivity contribution in [3.05, 3.63) is 54.4 Å². The SMILES string of the molecule is CCOc1ccc(NC(CC)C(=O)NN=Cc2ccccn2)cc1. The van der Waals surface area contributed by atoms with Crippen LogP contribution in [0.5, 0.6) is 5.75 Å². The van der Waals surface area contributed by atoms with Crippen molar-refractivity contribution in [1.29, 1.82) is 0 Å². The molecule has 2 aromatic rings. The monoisotopic (exact) mass is 326 g/mol. The summed E-state index contributed by atoms with van der Waals surface area (Å²) in [5, 5.41) is 7.13. The zero-order valence-corrected chi connectivity index (χ0v) is 13.9. The van der Waals surface area contributed by atoms with Gasteiger partial charge in [-0.05, 0) is 49.7 Å². The van der Waals surface area contributed by atoms with Crippen LogP contribution in [-0.4, -0.2) is 29.8 Å². The Morgan fingerprint density at radius 1 is 1.25 bits per heavy atom. The number of hydrazone groups is 1. The second-order valence-electron chi connectivity index (χ2n) is 5.05. The molecule has 0 bridgehead atoms. The van der Waals surface area contributed by atoms with Gasteiger partial charge in [-0.15, -0.1) is 0 Å². The number of rotatable bonds is 8. The Bertz CT molecular complexity index is 656. The molecule has 6 heteroatoms. The fourth-order valence-electron chi connectivity index (χ4n) is 2.06. The number of amides is 1. The quantitative estimate of drug-likeness (QED) is 0.578. The van der Waals surface area contributed by atoms with Gasteiger partial charge in [0.15, 0.2) is 0 Å². The average molecular weight is 326 g/mol. The van der Waals surface area contributed by atoms with E-state index in [4.69, 9.17) is 4.74 Å². The molecule has 1 aromatic heterocycles. The minimum absolute atomic E-state index is 0.196. The summed E-state index contributed by atoms with van der Waals surface area (Å²) in [7, 11) is 0. The first-order chi connectivity index (χ1) is 11.7. The Labute approximate surface area is 142 Å². The lowest BCUT2D eigenvalue weighted by Crippen LogP contribution is -2.36. The van der Waals surface area contributed by atoms with Gasteiger partial charge >= 0.3 is 0 Å². The number of anilines is 1. The Hall–Kier alpha value is -2.89. The fraction of sp³-hybridized carbons (Fsp3) is 0.278. The Balaban J connectivity index is 1.90. The van der Waals surface area contributed by atoms with E-state index in [1.165, 1.54) is 6.21 Å². The van der Waals surface area contributed by atoms with Crippen LogP contribution in [0.25, 0.3) is 0 Å². The lowest BCUT2D eigenvalue weighted by atomic mass is 10.2. The topological polar surface area (TPSA) is 75.6 Å². The molecule has 1 heterocycles. The number of nitrogens with zero attached hydrogens (tertiary/aromatic N) is 2. The molecule has 0 spiro atoms. The molecule has 1 unspecified atom stereocenters. The number of ether oxygens (including phenoxy) is 1. The van der Waals surface area contributed by atoms with Gasteiger partial charge < -0.3 is 10.1 Å². The smallest absolute Gasteiger partial charge is 0.262 e. The molecule has 0 aliphatic rings. The van der Waals surface area contributed by atoms with E-state index >= 15 is 0 Å².